The zero-order valence-corrected chi connectivity index (χ0v) is 20.2. The molecule has 0 radical (unpaired) electrons. The van der Waals surface area contributed by atoms with Crippen molar-refractivity contribution in [1.82, 2.24) is 14.1 Å². The van der Waals surface area contributed by atoms with Gasteiger partial charge >= 0.3 is 0 Å². The molecule has 2 saturated heterocycles. The van der Waals surface area contributed by atoms with Gasteiger partial charge in [-0.25, -0.2) is 8.42 Å². The topological polar surface area (TPSA) is 90.0 Å². The molecule has 3 aliphatic heterocycles. The van der Waals surface area contributed by atoms with Crippen LogP contribution in [0.25, 0.3) is 0 Å². The maximum atomic E-state index is 13.2. The first-order chi connectivity index (χ1) is 15.4. The molecule has 0 spiro atoms. The van der Waals surface area contributed by atoms with Gasteiger partial charge in [0.25, 0.3) is 0 Å². The molecule has 10 heteroatoms. The van der Waals surface area contributed by atoms with Crippen LogP contribution in [0.4, 0.5) is 5.69 Å². The van der Waals surface area contributed by atoms with Crippen molar-refractivity contribution >= 4 is 39.3 Å². The fourth-order valence-corrected chi connectivity index (χ4v) is 7.03. The average Bonchev–Trinajstić information content (AvgIpc) is 3.08. The number of amides is 2. The molecule has 0 bridgehead atoms. The van der Waals surface area contributed by atoms with Crippen LogP contribution in [0.1, 0.15) is 39.0 Å². The Balaban J connectivity index is 1.47. The van der Waals surface area contributed by atoms with Crippen molar-refractivity contribution in [2.24, 2.45) is 0 Å². The Hall–Kier alpha value is -1.62. The molecule has 2 fully saturated rings. The van der Waals surface area contributed by atoms with Gasteiger partial charge in [0.2, 0.25) is 21.8 Å². The van der Waals surface area contributed by atoms with Gasteiger partial charge in [-0.1, -0.05) is 19.8 Å². The quantitative estimate of drug-likeness (QED) is 0.650. The summed E-state index contributed by atoms with van der Waals surface area (Å²) in [7, 11) is -3.63. The fourth-order valence-electron chi connectivity index (χ4n) is 4.53. The van der Waals surface area contributed by atoms with Crippen molar-refractivity contribution < 1.29 is 18.0 Å². The minimum absolute atomic E-state index is 0.151. The first-order valence-corrected chi connectivity index (χ1v) is 13.8. The summed E-state index contributed by atoms with van der Waals surface area (Å²) in [6, 6.07) is 4.83. The van der Waals surface area contributed by atoms with Crippen molar-refractivity contribution in [2.75, 3.05) is 51.1 Å². The molecule has 1 aromatic carbocycles. The molecule has 1 atom stereocenters. The second kappa shape index (κ2) is 10.1. The molecule has 0 aliphatic carbocycles. The van der Waals surface area contributed by atoms with E-state index in [1.54, 1.807) is 17.0 Å². The lowest BCUT2D eigenvalue weighted by Gasteiger charge is -2.34. The third kappa shape index (κ3) is 4.98. The van der Waals surface area contributed by atoms with E-state index in [1.807, 2.05) is 0 Å². The molecule has 0 aromatic heterocycles. The van der Waals surface area contributed by atoms with Crippen molar-refractivity contribution in [3.63, 3.8) is 0 Å². The van der Waals surface area contributed by atoms with Gasteiger partial charge in [0.05, 0.1) is 10.6 Å². The number of carbonyl (C=O) groups is 2. The first-order valence-electron chi connectivity index (χ1n) is 11.5. The lowest BCUT2D eigenvalue weighted by atomic mass is 10.2. The molecule has 3 heterocycles. The molecule has 8 nitrogen and oxygen atoms in total. The molecular weight excluding hydrogens is 448 g/mol. The zero-order valence-electron chi connectivity index (χ0n) is 18.6. The highest BCUT2D eigenvalue weighted by Gasteiger charge is 2.37. The molecule has 0 unspecified atom stereocenters. The second-order valence-corrected chi connectivity index (χ2v) is 11.7. The van der Waals surface area contributed by atoms with Gasteiger partial charge in [-0.2, -0.15) is 4.31 Å². The van der Waals surface area contributed by atoms with E-state index in [4.69, 9.17) is 0 Å². The van der Waals surface area contributed by atoms with E-state index in [1.165, 1.54) is 22.1 Å². The van der Waals surface area contributed by atoms with Crippen molar-refractivity contribution in [2.45, 2.75) is 54.1 Å². The van der Waals surface area contributed by atoms with Crippen LogP contribution in [0, 0.1) is 0 Å². The normalized spacial score (nSPS) is 23.3. The third-order valence-corrected chi connectivity index (χ3v) is 9.50. The molecule has 176 valence electrons. The second-order valence-electron chi connectivity index (χ2n) is 8.63. The number of rotatable bonds is 5. The number of sulfonamides is 1. The van der Waals surface area contributed by atoms with Crippen LogP contribution in [0.5, 0.6) is 0 Å². The Bertz CT molecular complexity index is 953. The summed E-state index contributed by atoms with van der Waals surface area (Å²) < 4.78 is 27.8. The zero-order chi connectivity index (χ0) is 22.7. The van der Waals surface area contributed by atoms with Gasteiger partial charge in [0, 0.05) is 44.2 Å². The number of hydrogen-bond donors (Lipinski definition) is 1. The molecule has 1 aromatic rings. The summed E-state index contributed by atoms with van der Waals surface area (Å²) in [4.78, 5) is 30.7. The standard InChI is InChI=1S/C22H32N4O4S2/c1-2-9-24-12-14-26(15-13-24)32(29,30)17-7-8-19-18(16-17)23-21(27)20(31-19)22(28)25-10-5-3-4-6-11-25/h7-8,16,20H,2-6,9-15H2,1H3,(H,23,27)/t20-/m0/s1. The monoisotopic (exact) mass is 480 g/mol. The smallest absolute Gasteiger partial charge is 0.247 e. The van der Waals surface area contributed by atoms with E-state index < -0.39 is 15.3 Å². The summed E-state index contributed by atoms with van der Waals surface area (Å²) in [5.41, 5.74) is 0.464. The maximum Gasteiger partial charge on any atom is 0.247 e. The summed E-state index contributed by atoms with van der Waals surface area (Å²) in [6.45, 7) is 6.87. The van der Waals surface area contributed by atoms with Crippen LogP contribution in [-0.2, 0) is 19.6 Å². The number of hydrogen-bond acceptors (Lipinski definition) is 6. The SMILES string of the molecule is CCCN1CCN(S(=O)(=O)c2ccc3c(c2)NC(=O)[C@@H](C(=O)N2CCCCCC2)S3)CC1. The maximum absolute atomic E-state index is 13.2. The molecule has 0 saturated carbocycles. The average molecular weight is 481 g/mol. The minimum atomic E-state index is -3.63. The molecule has 1 N–H and O–H groups in total. The van der Waals surface area contributed by atoms with Crippen LogP contribution in [0.15, 0.2) is 28.0 Å². The summed E-state index contributed by atoms with van der Waals surface area (Å²) >= 11 is 1.22. The van der Waals surface area contributed by atoms with Crippen molar-refractivity contribution in [1.29, 1.82) is 0 Å². The van der Waals surface area contributed by atoms with Crippen LogP contribution in [0.2, 0.25) is 0 Å². The van der Waals surface area contributed by atoms with Crippen molar-refractivity contribution in [3.05, 3.63) is 18.2 Å². The Morgan fingerprint density at radius 3 is 2.41 bits per heavy atom. The van der Waals surface area contributed by atoms with E-state index in [-0.39, 0.29) is 16.7 Å². The Morgan fingerprint density at radius 1 is 1.06 bits per heavy atom. The van der Waals surface area contributed by atoms with E-state index in [0.29, 0.717) is 31.9 Å². The summed E-state index contributed by atoms with van der Waals surface area (Å²) in [5.74, 6) is -0.527. The largest absolute Gasteiger partial charge is 0.341 e. The van der Waals surface area contributed by atoms with Gasteiger partial charge in [-0.15, -0.1) is 11.8 Å². The van der Waals surface area contributed by atoms with E-state index in [9.17, 15) is 18.0 Å². The number of nitrogens with one attached hydrogen (secondary N) is 1. The molecule has 3 aliphatic rings. The van der Waals surface area contributed by atoms with Crippen LogP contribution in [0.3, 0.4) is 0 Å². The number of piperazine rings is 1. The first kappa shape index (κ1) is 23.5. The van der Waals surface area contributed by atoms with E-state index >= 15 is 0 Å². The summed E-state index contributed by atoms with van der Waals surface area (Å²) in [5, 5.41) is 1.96. The van der Waals surface area contributed by atoms with Gasteiger partial charge in [-0.3, -0.25) is 9.59 Å². The Kier molecular flexibility index (Phi) is 7.44. The Labute approximate surface area is 194 Å². The highest BCUT2D eigenvalue weighted by Crippen LogP contribution is 2.38. The van der Waals surface area contributed by atoms with Gasteiger partial charge in [-0.05, 0) is 44.0 Å². The highest BCUT2D eigenvalue weighted by molar-refractivity contribution is 8.01. The number of carbonyl (C=O) groups excluding carboxylic acids is 2. The molecule has 4 rings (SSSR count). The van der Waals surface area contributed by atoms with Crippen LogP contribution in [-0.4, -0.2) is 85.4 Å². The molecule has 2 amide bonds. The number of anilines is 1. The van der Waals surface area contributed by atoms with E-state index in [2.05, 4.69) is 17.1 Å². The highest BCUT2D eigenvalue weighted by atomic mass is 32.2. The number of fused-ring (bicyclic) bond motifs is 1. The number of likely N-dealkylation sites (tertiary alicyclic amines) is 1. The lowest BCUT2D eigenvalue weighted by molar-refractivity contribution is -0.133. The Morgan fingerprint density at radius 2 is 1.75 bits per heavy atom. The number of thioether (sulfide) groups is 1. The molecule has 32 heavy (non-hydrogen) atoms. The predicted molar refractivity (Wildman–Crippen MR) is 125 cm³/mol. The van der Waals surface area contributed by atoms with Gasteiger partial charge < -0.3 is 15.1 Å². The number of nitrogens with zero attached hydrogens (tertiary/aromatic N) is 3. The van der Waals surface area contributed by atoms with E-state index in [0.717, 1.165) is 56.6 Å². The van der Waals surface area contributed by atoms with Crippen molar-refractivity contribution in [3.8, 4) is 0 Å². The lowest BCUT2D eigenvalue weighted by Crippen LogP contribution is -2.48. The fraction of sp³-hybridized carbons (Fsp3) is 0.636. The van der Waals surface area contributed by atoms with Crippen LogP contribution < -0.4 is 5.32 Å². The van der Waals surface area contributed by atoms with Gasteiger partial charge in [0.15, 0.2) is 5.25 Å². The predicted octanol–water partition coefficient (Wildman–Crippen LogP) is 2.22. The van der Waals surface area contributed by atoms with Crippen LogP contribution >= 0.6 is 11.8 Å². The number of benzene rings is 1. The molecular formula is C22H32N4O4S2. The third-order valence-electron chi connectivity index (χ3n) is 6.34. The summed E-state index contributed by atoms with van der Waals surface area (Å²) in [6.07, 6.45) is 5.21. The minimum Gasteiger partial charge on any atom is -0.341 e. The van der Waals surface area contributed by atoms with Gasteiger partial charge in [0.1, 0.15) is 0 Å².